The van der Waals surface area contributed by atoms with Gasteiger partial charge in [0.05, 0.1) is 9.93 Å². The van der Waals surface area contributed by atoms with E-state index in [1.54, 1.807) is 18.2 Å². The minimum absolute atomic E-state index is 0.0316. The van der Waals surface area contributed by atoms with E-state index in [1.807, 2.05) is 19.9 Å². The lowest BCUT2D eigenvalue weighted by molar-refractivity contribution is -0.383. The Morgan fingerprint density at radius 3 is 2.75 bits per heavy atom. The van der Waals surface area contributed by atoms with E-state index < -0.39 is 4.92 Å². The number of para-hydroxylation sites is 2. The molecule has 0 aliphatic carbocycles. The van der Waals surface area contributed by atoms with Crippen LogP contribution in [0, 0.1) is 21.4 Å². The summed E-state index contributed by atoms with van der Waals surface area (Å²) in [6.07, 6.45) is 0. The Labute approximate surface area is 119 Å². The number of anilines is 2. The monoisotopic (exact) mass is 288 g/mol. The summed E-state index contributed by atoms with van der Waals surface area (Å²) < 4.78 is 0. The predicted molar refractivity (Wildman–Crippen MR) is 77.3 cm³/mol. The first-order chi connectivity index (χ1) is 9.52. The molecule has 2 aromatic rings. The molecule has 1 heterocycles. The maximum absolute atomic E-state index is 11.0. The standard InChI is InChI=1S/C13H12N4O2S/c1-8(2)12-16-10(7-14)13(20-12)15-9-5-3-4-6-11(9)17(18)19/h3-6,8,15H,1-2H3. The second kappa shape index (κ2) is 5.67. The van der Waals surface area contributed by atoms with Gasteiger partial charge in [0.2, 0.25) is 0 Å². The highest BCUT2D eigenvalue weighted by Gasteiger charge is 2.17. The number of nitro groups is 1. The predicted octanol–water partition coefficient (Wildman–Crippen LogP) is 3.79. The van der Waals surface area contributed by atoms with E-state index in [9.17, 15) is 10.1 Å². The van der Waals surface area contributed by atoms with Crippen molar-refractivity contribution < 1.29 is 4.92 Å². The number of hydrogen-bond acceptors (Lipinski definition) is 6. The van der Waals surface area contributed by atoms with Crippen molar-refractivity contribution in [2.75, 3.05) is 5.32 Å². The summed E-state index contributed by atoms with van der Waals surface area (Å²) in [7, 11) is 0. The van der Waals surface area contributed by atoms with Crippen molar-refractivity contribution in [1.82, 2.24) is 4.98 Å². The molecule has 0 aliphatic rings. The van der Waals surface area contributed by atoms with Crippen LogP contribution < -0.4 is 5.32 Å². The molecule has 0 spiro atoms. The Kier molecular flexibility index (Phi) is 3.96. The minimum Gasteiger partial charge on any atom is -0.339 e. The van der Waals surface area contributed by atoms with Crippen LogP contribution in [0.2, 0.25) is 0 Å². The molecule has 7 heteroatoms. The van der Waals surface area contributed by atoms with Gasteiger partial charge in [-0.2, -0.15) is 5.26 Å². The first-order valence-corrected chi connectivity index (χ1v) is 6.76. The minimum atomic E-state index is -0.460. The molecule has 1 aromatic heterocycles. The Balaban J connectivity index is 2.40. The van der Waals surface area contributed by atoms with Gasteiger partial charge in [0.1, 0.15) is 16.8 Å². The first-order valence-electron chi connectivity index (χ1n) is 5.94. The zero-order chi connectivity index (χ0) is 14.7. The third-order valence-corrected chi connectivity index (χ3v) is 3.86. The van der Waals surface area contributed by atoms with Crippen LogP contribution in [0.4, 0.5) is 16.4 Å². The highest BCUT2D eigenvalue weighted by molar-refractivity contribution is 7.16. The van der Waals surface area contributed by atoms with Crippen LogP contribution in [-0.4, -0.2) is 9.91 Å². The van der Waals surface area contributed by atoms with E-state index in [0.29, 0.717) is 10.7 Å². The molecule has 2 rings (SSSR count). The van der Waals surface area contributed by atoms with E-state index >= 15 is 0 Å². The molecule has 1 N–H and O–H groups in total. The van der Waals surface area contributed by atoms with E-state index in [-0.39, 0.29) is 17.3 Å². The SMILES string of the molecule is CC(C)c1nc(C#N)c(Nc2ccccc2[N+](=O)[O-])s1. The molecule has 0 amide bonds. The highest BCUT2D eigenvalue weighted by atomic mass is 32.1. The van der Waals surface area contributed by atoms with Crippen LogP contribution in [0.3, 0.4) is 0 Å². The summed E-state index contributed by atoms with van der Waals surface area (Å²) >= 11 is 1.34. The summed E-state index contributed by atoms with van der Waals surface area (Å²) in [6, 6.07) is 8.33. The molecule has 0 unspecified atom stereocenters. The number of rotatable bonds is 4. The van der Waals surface area contributed by atoms with Crippen LogP contribution >= 0.6 is 11.3 Å². The smallest absolute Gasteiger partial charge is 0.292 e. The lowest BCUT2D eigenvalue weighted by Gasteiger charge is -2.04. The Morgan fingerprint density at radius 1 is 1.45 bits per heavy atom. The molecule has 0 saturated carbocycles. The van der Waals surface area contributed by atoms with Crippen molar-refractivity contribution in [2.45, 2.75) is 19.8 Å². The summed E-state index contributed by atoms with van der Waals surface area (Å²) in [4.78, 5) is 14.7. The summed E-state index contributed by atoms with van der Waals surface area (Å²) in [5.74, 6) is 0.202. The molecule has 102 valence electrons. The van der Waals surface area contributed by atoms with Gasteiger partial charge < -0.3 is 5.32 Å². The lowest BCUT2D eigenvalue weighted by atomic mass is 10.2. The molecule has 0 saturated heterocycles. The van der Waals surface area contributed by atoms with Gasteiger partial charge in [0, 0.05) is 12.0 Å². The fourth-order valence-corrected chi connectivity index (χ4v) is 2.54. The largest absolute Gasteiger partial charge is 0.339 e. The number of nitrogens with one attached hydrogen (secondary N) is 1. The summed E-state index contributed by atoms with van der Waals surface area (Å²) in [5, 5.41) is 24.4. The number of hydrogen-bond donors (Lipinski definition) is 1. The molecule has 6 nitrogen and oxygen atoms in total. The molecule has 0 fully saturated rings. The van der Waals surface area contributed by atoms with Crippen molar-refractivity contribution in [3.05, 3.63) is 45.1 Å². The normalized spacial score (nSPS) is 10.3. The molecule has 0 atom stereocenters. The molecule has 1 aromatic carbocycles. The van der Waals surface area contributed by atoms with Crippen LogP contribution in [0.1, 0.15) is 30.5 Å². The number of nitro benzene ring substituents is 1. The fourth-order valence-electron chi connectivity index (χ4n) is 1.60. The number of thiazole rings is 1. The number of aromatic nitrogens is 1. The number of nitriles is 1. The molecular formula is C13H12N4O2S. The van der Waals surface area contributed by atoms with Crippen molar-refractivity contribution >= 4 is 27.7 Å². The van der Waals surface area contributed by atoms with Gasteiger partial charge in [-0.05, 0) is 6.07 Å². The van der Waals surface area contributed by atoms with Crippen molar-refractivity contribution in [1.29, 1.82) is 5.26 Å². The summed E-state index contributed by atoms with van der Waals surface area (Å²) in [5.41, 5.74) is 0.584. The van der Waals surface area contributed by atoms with Crippen molar-refractivity contribution in [2.24, 2.45) is 0 Å². The Hall–Kier alpha value is -2.46. The Bertz CT molecular complexity index is 688. The van der Waals surface area contributed by atoms with E-state index in [1.165, 1.54) is 17.4 Å². The van der Waals surface area contributed by atoms with Crippen LogP contribution in [0.25, 0.3) is 0 Å². The average Bonchev–Trinajstić information content (AvgIpc) is 2.82. The topological polar surface area (TPSA) is 91.8 Å². The number of benzene rings is 1. The van der Waals surface area contributed by atoms with Crippen LogP contribution in [0.15, 0.2) is 24.3 Å². The lowest BCUT2D eigenvalue weighted by Crippen LogP contribution is -1.96. The molecular weight excluding hydrogens is 276 g/mol. The van der Waals surface area contributed by atoms with Gasteiger partial charge in [-0.1, -0.05) is 37.3 Å². The zero-order valence-corrected chi connectivity index (χ0v) is 11.8. The quantitative estimate of drug-likeness (QED) is 0.682. The van der Waals surface area contributed by atoms with Gasteiger partial charge in [0.15, 0.2) is 5.69 Å². The fraction of sp³-hybridized carbons (Fsp3) is 0.231. The molecule has 0 bridgehead atoms. The van der Waals surface area contributed by atoms with Gasteiger partial charge >= 0.3 is 0 Å². The average molecular weight is 288 g/mol. The number of nitrogens with zero attached hydrogens (tertiary/aromatic N) is 3. The third kappa shape index (κ3) is 2.75. The van der Waals surface area contributed by atoms with Crippen molar-refractivity contribution in [3.8, 4) is 6.07 Å². The second-order valence-corrected chi connectivity index (χ2v) is 5.43. The Morgan fingerprint density at radius 2 is 2.15 bits per heavy atom. The van der Waals surface area contributed by atoms with Crippen LogP contribution in [0.5, 0.6) is 0 Å². The maximum Gasteiger partial charge on any atom is 0.292 e. The third-order valence-electron chi connectivity index (χ3n) is 2.59. The second-order valence-electron chi connectivity index (χ2n) is 4.40. The van der Waals surface area contributed by atoms with Crippen molar-refractivity contribution in [3.63, 3.8) is 0 Å². The van der Waals surface area contributed by atoms with E-state index in [2.05, 4.69) is 10.3 Å². The molecule has 20 heavy (non-hydrogen) atoms. The van der Waals surface area contributed by atoms with Crippen LogP contribution in [-0.2, 0) is 0 Å². The van der Waals surface area contributed by atoms with Gasteiger partial charge in [-0.3, -0.25) is 10.1 Å². The first kappa shape index (κ1) is 14.0. The van der Waals surface area contributed by atoms with Gasteiger partial charge in [-0.15, -0.1) is 0 Å². The van der Waals surface area contributed by atoms with Gasteiger partial charge in [-0.25, -0.2) is 4.98 Å². The summed E-state index contributed by atoms with van der Waals surface area (Å²) in [6.45, 7) is 3.96. The molecule has 0 aliphatic heterocycles. The highest BCUT2D eigenvalue weighted by Crippen LogP contribution is 2.34. The van der Waals surface area contributed by atoms with E-state index in [4.69, 9.17) is 5.26 Å². The van der Waals surface area contributed by atoms with E-state index in [0.717, 1.165) is 5.01 Å². The van der Waals surface area contributed by atoms with Gasteiger partial charge in [0.25, 0.3) is 5.69 Å². The molecule has 0 radical (unpaired) electrons. The maximum atomic E-state index is 11.0. The zero-order valence-electron chi connectivity index (χ0n) is 11.0.